The molecule has 0 aliphatic heterocycles. The average molecular weight is 476 g/mol. The van der Waals surface area contributed by atoms with Crippen molar-refractivity contribution < 1.29 is 0 Å². The van der Waals surface area contributed by atoms with Crippen molar-refractivity contribution in [3.63, 3.8) is 0 Å². The van der Waals surface area contributed by atoms with Crippen LogP contribution < -0.4 is 10.6 Å². The van der Waals surface area contributed by atoms with Crippen LogP contribution in [-0.2, 0) is 19.6 Å². The van der Waals surface area contributed by atoms with E-state index >= 15 is 0 Å². The van der Waals surface area contributed by atoms with Crippen molar-refractivity contribution in [2.75, 3.05) is 6.54 Å². The molecule has 7 heteroatoms. The van der Waals surface area contributed by atoms with Gasteiger partial charge in [-0.2, -0.15) is 0 Å². The van der Waals surface area contributed by atoms with Crippen LogP contribution in [0.4, 0.5) is 0 Å². The standard InChI is InChI=1S/C18H26ClN5.HI/c1-4-20-18(22-11-15-5-7-16(19)8-6-15)23-12-17-21-9-10-24(17)13-14(2)3;/h5-10,14H,4,11-13H2,1-3H3,(H2,20,22,23);1H. The maximum Gasteiger partial charge on any atom is 0.191 e. The lowest BCUT2D eigenvalue weighted by Gasteiger charge is -2.13. The van der Waals surface area contributed by atoms with E-state index in [2.05, 4.69) is 45.9 Å². The number of halogens is 2. The summed E-state index contributed by atoms with van der Waals surface area (Å²) in [5, 5.41) is 7.35. The molecule has 0 amide bonds. The fourth-order valence-corrected chi connectivity index (χ4v) is 2.46. The predicted octanol–water partition coefficient (Wildman–Crippen LogP) is 4.07. The second kappa shape index (κ2) is 11.4. The van der Waals surface area contributed by atoms with Gasteiger partial charge in [-0.05, 0) is 30.5 Å². The van der Waals surface area contributed by atoms with E-state index in [0.29, 0.717) is 19.0 Å². The van der Waals surface area contributed by atoms with Gasteiger partial charge in [0.2, 0.25) is 0 Å². The van der Waals surface area contributed by atoms with Gasteiger partial charge in [0.15, 0.2) is 5.96 Å². The van der Waals surface area contributed by atoms with E-state index < -0.39 is 0 Å². The van der Waals surface area contributed by atoms with Crippen molar-refractivity contribution in [1.29, 1.82) is 0 Å². The van der Waals surface area contributed by atoms with Crippen LogP contribution in [0.15, 0.2) is 41.7 Å². The third-order valence-corrected chi connectivity index (χ3v) is 3.71. The molecule has 0 bridgehead atoms. The first-order valence-electron chi connectivity index (χ1n) is 8.35. The minimum absolute atomic E-state index is 0. The molecule has 0 fully saturated rings. The maximum absolute atomic E-state index is 5.91. The molecular formula is C18H27ClIN5. The third-order valence-electron chi connectivity index (χ3n) is 3.45. The Kier molecular flexibility index (Phi) is 9.89. The number of benzene rings is 1. The van der Waals surface area contributed by atoms with Gasteiger partial charge in [-0.25, -0.2) is 9.98 Å². The summed E-state index contributed by atoms with van der Waals surface area (Å²) in [4.78, 5) is 9.05. The summed E-state index contributed by atoms with van der Waals surface area (Å²) in [6.45, 7) is 9.49. The Balaban J connectivity index is 0.00000312. The zero-order chi connectivity index (χ0) is 17.4. The summed E-state index contributed by atoms with van der Waals surface area (Å²) in [6.07, 6.45) is 3.87. The molecule has 0 saturated heterocycles. The van der Waals surface area contributed by atoms with E-state index in [4.69, 9.17) is 11.6 Å². The molecule has 2 rings (SSSR count). The molecule has 0 unspecified atom stereocenters. The maximum atomic E-state index is 5.91. The lowest BCUT2D eigenvalue weighted by molar-refractivity contribution is 0.503. The molecule has 0 aliphatic carbocycles. The molecule has 0 aliphatic rings. The van der Waals surface area contributed by atoms with Gasteiger partial charge in [-0.1, -0.05) is 37.6 Å². The van der Waals surface area contributed by atoms with Crippen LogP contribution >= 0.6 is 35.6 Å². The molecule has 0 atom stereocenters. The Morgan fingerprint density at radius 3 is 2.60 bits per heavy atom. The Bertz CT molecular complexity index is 652. The van der Waals surface area contributed by atoms with Crippen molar-refractivity contribution in [1.82, 2.24) is 20.2 Å². The lowest BCUT2D eigenvalue weighted by Crippen LogP contribution is -2.37. The van der Waals surface area contributed by atoms with Crippen LogP contribution in [0.2, 0.25) is 5.02 Å². The number of rotatable bonds is 7. The monoisotopic (exact) mass is 475 g/mol. The third kappa shape index (κ3) is 7.64. The van der Waals surface area contributed by atoms with Gasteiger partial charge in [0.25, 0.3) is 0 Å². The number of guanidine groups is 1. The van der Waals surface area contributed by atoms with E-state index in [0.717, 1.165) is 35.5 Å². The van der Waals surface area contributed by atoms with Gasteiger partial charge in [-0.3, -0.25) is 0 Å². The summed E-state index contributed by atoms with van der Waals surface area (Å²) in [5.41, 5.74) is 1.12. The van der Waals surface area contributed by atoms with Crippen LogP contribution in [0.5, 0.6) is 0 Å². The van der Waals surface area contributed by atoms with Gasteiger partial charge < -0.3 is 15.2 Å². The summed E-state index contributed by atoms with van der Waals surface area (Å²) in [7, 11) is 0. The highest BCUT2D eigenvalue weighted by atomic mass is 127. The predicted molar refractivity (Wildman–Crippen MR) is 116 cm³/mol. The Morgan fingerprint density at radius 1 is 1.24 bits per heavy atom. The Labute approximate surface area is 172 Å². The van der Waals surface area contributed by atoms with Gasteiger partial charge in [-0.15, -0.1) is 24.0 Å². The highest BCUT2D eigenvalue weighted by Crippen LogP contribution is 2.10. The minimum atomic E-state index is 0. The smallest absolute Gasteiger partial charge is 0.191 e. The summed E-state index contributed by atoms with van der Waals surface area (Å²) < 4.78 is 2.18. The van der Waals surface area contributed by atoms with Gasteiger partial charge >= 0.3 is 0 Å². The van der Waals surface area contributed by atoms with Gasteiger partial charge in [0.05, 0.1) is 13.1 Å². The minimum Gasteiger partial charge on any atom is -0.357 e. The molecule has 138 valence electrons. The molecule has 25 heavy (non-hydrogen) atoms. The van der Waals surface area contributed by atoms with Crippen LogP contribution in [0.1, 0.15) is 32.2 Å². The second-order valence-electron chi connectivity index (χ2n) is 6.06. The Hall–Kier alpha value is -1.28. The molecule has 1 aromatic carbocycles. The molecule has 1 heterocycles. The van der Waals surface area contributed by atoms with Crippen molar-refractivity contribution in [3.05, 3.63) is 53.1 Å². The number of aromatic nitrogens is 2. The van der Waals surface area contributed by atoms with Crippen molar-refractivity contribution in [2.45, 2.75) is 40.4 Å². The van der Waals surface area contributed by atoms with Crippen LogP contribution in [-0.4, -0.2) is 22.1 Å². The number of nitrogens with zero attached hydrogens (tertiary/aromatic N) is 3. The van der Waals surface area contributed by atoms with E-state index in [1.807, 2.05) is 36.7 Å². The zero-order valence-electron chi connectivity index (χ0n) is 15.0. The number of imidazole rings is 1. The van der Waals surface area contributed by atoms with Gasteiger partial charge in [0.1, 0.15) is 5.82 Å². The normalized spacial score (nSPS) is 11.3. The van der Waals surface area contributed by atoms with Crippen molar-refractivity contribution in [3.8, 4) is 0 Å². The molecule has 2 aromatic rings. The fraction of sp³-hybridized carbons (Fsp3) is 0.444. The zero-order valence-corrected chi connectivity index (χ0v) is 18.1. The fourth-order valence-electron chi connectivity index (χ4n) is 2.33. The summed E-state index contributed by atoms with van der Waals surface area (Å²) in [6, 6.07) is 7.75. The first-order valence-corrected chi connectivity index (χ1v) is 8.73. The number of hydrogen-bond acceptors (Lipinski definition) is 2. The quantitative estimate of drug-likeness (QED) is 0.361. The molecule has 0 radical (unpaired) electrons. The SMILES string of the molecule is CCNC(=NCc1ccc(Cl)cc1)NCc1nccn1CC(C)C.I. The Morgan fingerprint density at radius 2 is 1.96 bits per heavy atom. The highest BCUT2D eigenvalue weighted by Gasteiger charge is 2.06. The van der Waals surface area contributed by atoms with Crippen LogP contribution in [0.3, 0.4) is 0 Å². The number of aliphatic imine (C=N–C) groups is 1. The van der Waals surface area contributed by atoms with E-state index in [1.54, 1.807) is 0 Å². The lowest BCUT2D eigenvalue weighted by atomic mass is 10.2. The molecule has 0 spiro atoms. The van der Waals surface area contributed by atoms with E-state index in [1.165, 1.54) is 0 Å². The molecular weight excluding hydrogens is 449 g/mol. The topological polar surface area (TPSA) is 54.2 Å². The van der Waals surface area contributed by atoms with Crippen molar-refractivity contribution >= 4 is 41.5 Å². The van der Waals surface area contributed by atoms with Crippen molar-refractivity contribution in [2.24, 2.45) is 10.9 Å². The first kappa shape index (κ1) is 21.8. The first-order chi connectivity index (χ1) is 11.6. The number of hydrogen-bond donors (Lipinski definition) is 2. The molecule has 5 nitrogen and oxygen atoms in total. The highest BCUT2D eigenvalue weighted by molar-refractivity contribution is 14.0. The van der Waals surface area contributed by atoms with E-state index in [9.17, 15) is 0 Å². The average Bonchev–Trinajstić information content (AvgIpc) is 2.98. The van der Waals surface area contributed by atoms with E-state index in [-0.39, 0.29) is 24.0 Å². The molecule has 1 aromatic heterocycles. The molecule has 0 saturated carbocycles. The number of nitrogens with one attached hydrogen (secondary N) is 2. The summed E-state index contributed by atoms with van der Waals surface area (Å²) >= 11 is 5.91. The van der Waals surface area contributed by atoms with Gasteiger partial charge in [0, 0.05) is 30.5 Å². The van der Waals surface area contributed by atoms with Crippen LogP contribution in [0, 0.1) is 5.92 Å². The second-order valence-corrected chi connectivity index (χ2v) is 6.50. The van der Waals surface area contributed by atoms with Crippen LogP contribution in [0.25, 0.3) is 0 Å². The largest absolute Gasteiger partial charge is 0.357 e. The molecule has 2 N–H and O–H groups in total. The summed E-state index contributed by atoms with van der Waals surface area (Å²) in [5.74, 6) is 2.39.